The van der Waals surface area contributed by atoms with Crippen LogP contribution in [0, 0.1) is 5.92 Å². The predicted octanol–water partition coefficient (Wildman–Crippen LogP) is 8.25. The van der Waals surface area contributed by atoms with Gasteiger partial charge in [0.2, 0.25) is 0 Å². The zero-order valence-electron chi connectivity index (χ0n) is 17.2. The molecule has 0 aliphatic heterocycles. The highest BCUT2D eigenvalue weighted by molar-refractivity contribution is 5.80. The van der Waals surface area contributed by atoms with Crippen LogP contribution in [0.5, 0.6) is 0 Å². The molecule has 0 radical (unpaired) electrons. The van der Waals surface area contributed by atoms with Crippen LogP contribution >= 0.6 is 0 Å². The maximum atomic E-state index is 12.1. The Morgan fingerprint density at radius 2 is 0.875 bits per heavy atom. The summed E-state index contributed by atoms with van der Waals surface area (Å²) in [5.41, 5.74) is 0. The molecule has 144 valence electrons. The molecule has 0 aliphatic rings. The van der Waals surface area contributed by atoms with E-state index in [0.717, 1.165) is 19.3 Å². The summed E-state index contributed by atoms with van der Waals surface area (Å²) in [6, 6.07) is 0. The van der Waals surface area contributed by atoms with Crippen molar-refractivity contribution in [2.24, 2.45) is 5.92 Å². The smallest absolute Gasteiger partial charge is 0.135 e. The highest BCUT2D eigenvalue weighted by Gasteiger charge is 2.15. The van der Waals surface area contributed by atoms with E-state index in [-0.39, 0.29) is 0 Å². The number of unbranched alkanes of at least 4 members (excludes halogenated alkanes) is 13. The molecular formula is C23H46O. The van der Waals surface area contributed by atoms with E-state index < -0.39 is 0 Å². The van der Waals surface area contributed by atoms with Crippen LogP contribution in [-0.4, -0.2) is 5.78 Å². The lowest BCUT2D eigenvalue weighted by Gasteiger charge is -2.15. The molecule has 0 bridgehead atoms. The summed E-state index contributed by atoms with van der Waals surface area (Å²) in [5, 5.41) is 0. The van der Waals surface area contributed by atoms with Gasteiger partial charge in [-0.25, -0.2) is 0 Å². The summed E-state index contributed by atoms with van der Waals surface area (Å²) in [7, 11) is 0. The van der Waals surface area contributed by atoms with Gasteiger partial charge >= 0.3 is 0 Å². The number of hydrogen-bond acceptors (Lipinski definition) is 1. The van der Waals surface area contributed by atoms with Gasteiger partial charge in [0.15, 0.2) is 0 Å². The van der Waals surface area contributed by atoms with Gasteiger partial charge in [0.25, 0.3) is 0 Å². The second-order valence-corrected chi connectivity index (χ2v) is 7.69. The quantitative estimate of drug-likeness (QED) is 0.217. The molecule has 0 heterocycles. The Labute approximate surface area is 153 Å². The van der Waals surface area contributed by atoms with Gasteiger partial charge in [0.05, 0.1) is 0 Å². The van der Waals surface area contributed by atoms with E-state index in [2.05, 4.69) is 13.8 Å². The highest BCUT2D eigenvalue weighted by atomic mass is 16.1. The van der Waals surface area contributed by atoms with Crippen LogP contribution in [0.4, 0.5) is 0 Å². The van der Waals surface area contributed by atoms with Gasteiger partial charge in [0.1, 0.15) is 5.78 Å². The van der Waals surface area contributed by atoms with E-state index in [4.69, 9.17) is 0 Å². The molecule has 0 aliphatic carbocycles. The van der Waals surface area contributed by atoms with E-state index in [1.54, 1.807) is 0 Å². The SMILES string of the molecule is CCCCCCCCCCCCCC(CCCCCC)C(=O)CC. The van der Waals surface area contributed by atoms with Gasteiger partial charge in [-0.05, 0) is 12.8 Å². The minimum absolute atomic E-state index is 0.366. The maximum absolute atomic E-state index is 12.1. The zero-order chi connectivity index (χ0) is 17.9. The molecule has 1 nitrogen and oxygen atoms in total. The number of rotatable bonds is 19. The molecular weight excluding hydrogens is 292 g/mol. The van der Waals surface area contributed by atoms with Crippen molar-refractivity contribution in [2.45, 2.75) is 136 Å². The minimum Gasteiger partial charge on any atom is -0.299 e. The van der Waals surface area contributed by atoms with Crippen molar-refractivity contribution in [1.82, 2.24) is 0 Å². The van der Waals surface area contributed by atoms with E-state index in [1.807, 2.05) is 6.92 Å². The fourth-order valence-electron chi connectivity index (χ4n) is 3.63. The van der Waals surface area contributed by atoms with Gasteiger partial charge in [-0.15, -0.1) is 0 Å². The van der Waals surface area contributed by atoms with Crippen LogP contribution in [0.15, 0.2) is 0 Å². The van der Waals surface area contributed by atoms with Crippen molar-refractivity contribution >= 4 is 5.78 Å². The van der Waals surface area contributed by atoms with Crippen LogP contribution < -0.4 is 0 Å². The van der Waals surface area contributed by atoms with Gasteiger partial charge in [0, 0.05) is 12.3 Å². The molecule has 0 aromatic heterocycles. The van der Waals surface area contributed by atoms with Crippen molar-refractivity contribution in [2.75, 3.05) is 0 Å². The molecule has 0 rings (SSSR count). The fraction of sp³-hybridized carbons (Fsp3) is 0.957. The van der Waals surface area contributed by atoms with Crippen LogP contribution in [0.2, 0.25) is 0 Å². The number of carbonyl (C=O) groups is 1. The lowest BCUT2D eigenvalue weighted by atomic mass is 9.89. The van der Waals surface area contributed by atoms with Crippen molar-refractivity contribution in [3.05, 3.63) is 0 Å². The number of carbonyl (C=O) groups excluding carboxylic acids is 1. The maximum Gasteiger partial charge on any atom is 0.135 e. The molecule has 0 amide bonds. The number of Topliss-reactive ketones (excluding diaryl/α,β-unsaturated/α-hetero) is 1. The largest absolute Gasteiger partial charge is 0.299 e. The summed E-state index contributed by atoms with van der Waals surface area (Å²) in [4.78, 5) is 12.1. The van der Waals surface area contributed by atoms with Crippen LogP contribution in [0.3, 0.4) is 0 Å². The standard InChI is InChI=1S/C23H46O/c1-4-7-9-11-12-13-14-15-16-17-19-21-22(23(24)6-3)20-18-10-8-5-2/h22H,4-21H2,1-3H3. The van der Waals surface area contributed by atoms with Crippen molar-refractivity contribution in [3.63, 3.8) is 0 Å². The molecule has 0 aromatic carbocycles. The summed E-state index contributed by atoms with van der Waals surface area (Å²) in [5.74, 6) is 0.879. The third-order valence-electron chi connectivity index (χ3n) is 5.37. The Kier molecular flexibility index (Phi) is 18.7. The Balaban J connectivity index is 3.53. The van der Waals surface area contributed by atoms with E-state index in [9.17, 15) is 4.79 Å². The molecule has 0 saturated heterocycles. The molecule has 1 heteroatoms. The lowest BCUT2D eigenvalue weighted by molar-refractivity contribution is -0.123. The molecule has 1 atom stereocenters. The van der Waals surface area contributed by atoms with Crippen LogP contribution in [0.25, 0.3) is 0 Å². The molecule has 0 fully saturated rings. The third-order valence-corrected chi connectivity index (χ3v) is 5.37. The molecule has 0 N–H and O–H groups in total. The van der Waals surface area contributed by atoms with Crippen LogP contribution in [0.1, 0.15) is 136 Å². The topological polar surface area (TPSA) is 17.1 Å². The first-order valence-electron chi connectivity index (χ1n) is 11.3. The van der Waals surface area contributed by atoms with Crippen molar-refractivity contribution < 1.29 is 4.79 Å². The van der Waals surface area contributed by atoms with Crippen LogP contribution in [-0.2, 0) is 4.79 Å². The molecule has 0 aromatic rings. The lowest BCUT2D eigenvalue weighted by Crippen LogP contribution is -2.13. The highest BCUT2D eigenvalue weighted by Crippen LogP contribution is 2.21. The zero-order valence-corrected chi connectivity index (χ0v) is 17.2. The Hall–Kier alpha value is -0.330. The fourth-order valence-corrected chi connectivity index (χ4v) is 3.63. The summed E-state index contributed by atoms with van der Waals surface area (Å²) in [6.45, 7) is 6.56. The van der Waals surface area contributed by atoms with Gasteiger partial charge < -0.3 is 0 Å². The second kappa shape index (κ2) is 19.0. The first-order chi connectivity index (χ1) is 11.8. The first-order valence-corrected chi connectivity index (χ1v) is 11.3. The van der Waals surface area contributed by atoms with E-state index in [0.29, 0.717) is 11.7 Å². The molecule has 0 saturated carbocycles. The Morgan fingerprint density at radius 3 is 1.25 bits per heavy atom. The summed E-state index contributed by atoms with van der Waals surface area (Å²) >= 11 is 0. The predicted molar refractivity (Wildman–Crippen MR) is 109 cm³/mol. The van der Waals surface area contributed by atoms with E-state index in [1.165, 1.54) is 96.3 Å². The Bertz CT molecular complexity index is 259. The molecule has 24 heavy (non-hydrogen) atoms. The van der Waals surface area contributed by atoms with Gasteiger partial charge in [-0.3, -0.25) is 4.79 Å². The first kappa shape index (κ1) is 23.7. The molecule has 0 spiro atoms. The average Bonchev–Trinajstić information content (AvgIpc) is 2.60. The average molecular weight is 339 g/mol. The monoisotopic (exact) mass is 338 g/mol. The van der Waals surface area contributed by atoms with Gasteiger partial charge in [-0.1, -0.05) is 117 Å². The summed E-state index contributed by atoms with van der Waals surface area (Å²) in [6.07, 6.45) is 23.5. The van der Waals surface area contributed by atoms with Crippen molar-refractivity contribution in [1.29, 1.82) is 0 Å². The van der Waals surface area contributed by atoms with Gasteiger partial charge in [-0.2, -0.15) is 0 Å². The number of ketones is 1. The van der Waals surface area contributed by atoms with Crippen molar-refractivity contribution in [3.8, 4) is 0 Å². The number of hydrogen-bond donors (Lipinski definition) is 0. The van der Waals surface area contributed by atoms with E-state index >= 15 is 0 Å². The normalized spacial score (nSPS) is 12.5. The Morgan fingerprint density at radius 1 is 0.542 bits per heavy atom. The molecule has 1 unspecified atom stereocenters. The minimum atomic E-state index is 0.366. The second-order valence-electron chi connectivity index (χ2n) is 7.69. The third kappa shape index (κ3) is 15.2. The summed E-state index contributed by atoms with van der Waals surface area (Å²) < 4.78 is 0.